The van der Waals surface area contributed by atoms with Crippen LogP contribution in [0, 0.1) is 5.41 Å². The second-order valence-corrected chi connectivity index (χ2v) is 5.01. The lowest BCUT2D eigenvalue weighted by Gasteiger charge is -2.41. The van der Waals surface area contributed by atoms with Crippen LogP contribution in [0.25, 0.3) is 0 Å². The molecule has 1 fully saturated rings. The topological polar surface area (TPSA) is 24.9 Å². The molecule has 0 unspecified atom stereocenters. The van der Waals surface area contributed by atoms with E-state index in [2.05, 4.69) is 22.6 Å². The van der Waals surface area contributed by atoms with E-state index in [9.17, 15) is 0 Å². The van der Waals surface area contributed by atoms with E-state index in [1.165, 1.54) is 37.9 Å². The van der Waals surface area contributed by atoms with Crippen molar-refractivity contribution in [1.29, 1.82) is 0 Å². The van der Waals surface area contributed by atoms with Crippen LogP contribution in [-0.4, -0.2) is 11.5 Å². The molecule has 0 spiro atoms. The molecule has 0 aliphatic heterocycles. The number of hydrogen-bond acceptors (Lipinski definition) is 3. The van der Waals surface area contributed by atoms with E-state index in [1.54, 1.807) is 11.3 Å². The van der Waals surface area contributed by atoms with Gasteiger partial charge in [0, 0.05) is 18.5 Å². The first-order valence-corrected chi connectivity index (χ1v) is 6.37. The van der Waals surface area contributed by atoms with Crippen LogP contribution in [0.1, 0.15) is 38.3 Å². The molecule has 3 heteroatoms. The molecule has 1 heterocycles. The molecule has 2 nitrogen and oxygen atoms in total. The van der Waals surface area contributed by atoms with Crippen LogP contribution < -0.4 is 5.32 Å². The van der Waals surface area contributed by atoms with Gasteiger partial charge in [0.2, 0.25) is 0 Å². The SMILES string of the molecule is CCC1(CNCc2cscn2)CCC1. The fraction of sp³-hybridized carbons (Fsp3) is 0.727. The van der Waals surface area contributed by atoms with E-state index in [0.717, 1.165) is 6.54 Å². The van der Waals surface area contributed by atoms with Crippen LogP contribution in [-0.2, 0) is 6.54 Å². The first-order valence-electron chi connectivity index (χ1n) is 5.42. The van der Waals surface area contributed by atoms with Crippen molar-refractivity contribution in [2.45, 2.75) is 39.2 Å². The zero-order valence-electron chi connectivity index (χ0n) is 8.75. The Hall–Kier alpha value is -0.410. The lowest BCUT2D eigenvalue weighted by Crippen LogP contribution is -2.39. The average Bonchev–Trinajstić information content (AvgIpc) is 2.62. The van der Waals surface area contributed by atoms with Crippen molar-refractivity contribution in [3.63, 3.8) is 0 Å². The normalized spacial score (nSPS) is 19.2. The molecule has 1 N–H and O–H groups in total. The molecule has 1 saturated carbocycles. The van der Waals surface area contributed by atoms with Gasteiger partial charge in [-0.1, -0.05) is 13.3 Å². The van der Waals surface area contributed by atoms with Gasteiger partial charge in [-0.3, -0.25) is 0 Å². The van der Waals surface area contributed by atoms with Gasteiger partial charge >= 0.3 is 0 Å². The van der Waals surface area contributed by atoms with E-state index in [4.69, 9.17) is 0 Å². The number of nitrogens with zero attached hydrogens (tertiary/aromatic N) is 1. The van der Waals surface area contributed by atoms with Crippen molar-refractivity contribution in [3.05, 3.63) is 16.6 Å². The van der Waals surface area contributed by atoms with E-state index in [-0.39, 0.29) is 0 Å². The number of hydrogen-bond donors (Lipinski definition) is 1. The molecule has 78 valence electrons. The first-order chi connectivity index (χ1) is 6.85. The summed E-state index contributed by atoms with van der Waals surface area (Å²) in [4.78, 5) is 4.26. The Morgan fingerprint density at radius 1 is 1.57 bits per heavy atom. The minimum absolute atomic E-state index is 0.621. The van der Waals surface area contributed by atoms with Crippen LogP contribution in [0.2, 0.25) is 0 Å². The summed E-state index contributed by atoms with van der Waals surface area (Å²) in [5.41, 5.74) is 3.70. The number of rotatable bonds is 5. The highest BCUT2D eigenvalue weighted by atomic mass is 32.1. The molecule has 0 atom stereocenters. The summed E-state index contributed by atoms with van der Waals surface area (Å²) in [6.07, 6.45) is 5.56. The van der Waals surface area contributed by atoms with Crippen molar-refractivity contribution >= 4 is 11.3 Å². The molecule has 0 aromatic carbocycles. The third-order valence-electron chi connectivity index (χ3n) is 3.45. The summed E-state index contributed by atoms with van der Waals surface area (Å²) < 4.78 is 0. The van der Waals surface area contributed by atoms with Gasteiger partial charge in [-0.05, 0) is 24.7 Å². The van der Waals surface area contributed by atoms with Crippen molar-refractivity contribution in [3.8, 4) is 0 Å². The highest BCUT2D eigenvalue weighted by Crippen LogP contribution is 2.43. The summed E-state index contributed by atoms with van der Waals surface area (Å²) in [5, 5.41) is 5.64. The Bertz CT molecular complexity index is 259. The van der Waals surface area contributed by atoms with Crippen LogP contribution >= 0.6 is 11.3 Å². The van der Waals surface area contributed by atoms with Gasteiger partial charge in [0.1, 0.15) is 0 Å². The van der Waals surface area contributed by atoms with Crippen LogP contribution in [0.4, 0.5) is 0 Å². The van der Waals surface area contributed by atoms with Gasteiger partial charge in [-0.25, -0.2) is 4.98 Å². The van der Waals surface area contributed by atoms with Crippen molar-refractivity contribution in [2.75, 3.05) is 6.54 Å². The zero-order chi connectivity index (χ0) is 9.86. The highest BCUT2D eigenvalue weighted by Gasteiger charge is 2.34. The minimum Gasteiger partial charge on any atom is -0.311 e. The monoisotopic (exact) mass is 210 g/mol. The molecule has 0 saturated heterocycles. The van der Waals surface area contributed by atoms with E-state index in [1.807, 2.05) is 5.51 Å². The molecule has 1 aromatic heterocycles. The standard InChI is InChI=1S/C11H18N2S/c1-2-11(4-3-5-11)8-12-6-10-7-14-9-13-10/h7,9,12H,2-6,8H2,1H3. The molecule has 2 rings (SSSR count). The van der Waals surface area contributed by atoms with Crippen molar-refractivity contribution < 1.29 is 0 Å². The smallest absolute Gasteiger partial charge is 0.0795 e. The minimum atomic E-state index is 0.621. The average molecular weight is 210 g/mol. The highest BCUT2D eigenvalue weighted by molar-refractivity contribution is 7.07. The number of aromatic nitrogens is 1. The molecule has 0 amide bonds. The molecule has 0 radical (unpaired) electrons. The van der Waals surface area contributed by atoms with Gasteiger partial charge in [0.25, 0.3) is 0 Å². The Kier molecular flexibility index (Phi) is 3.19. The van der Waals surface area contributed by atoms with Gasteiger partial charge in [0.05, 0.1) is 11.2 Å². The third-order valence-corrected chi connectivity index (χ3v) is 4.09. The van der Waals surface area contributed by atoms with Crippen LogP contribution in [0.15, 0.2) is 10.9 Å². The maximum atomic E-state index is 4.26. The molecule has 1 aromatic rings. The van der Waals surface area contributed by atoms with Gasteiger partial charge in [0.15, 0.2) is 0 Å². The van der Waals surface area contributed by atoms with E-state index >= 15 is 0 Å². The molecule has 0 bridgehead atoms. The Morgan fingerprint density at radius 2 is 2.43 bits per heavy atom. The summed E-state index contributed by atoms with van der Waals surface area (Å²) in [7, 11) is 0. The van der Waals surface area contributed by atoms with Crippen molar-refractivity contribution in [2.24, 2.45) is 5.41 Å². The van der Waals surface area contributed by atoms with E-state index in [0.29, 0.717) is 5.41 Å². The number of nitrogens with one attached hydrogen (secondary N) is 1. The molecule has 1 aliphatic rings. The van der Waals surface area contributed by atoms with Crippen molar-refractivity contribution in [1.82, 2.24) is 10.3 Å². The van der Waals surface area contributed by atoms with Crippen LogP contribution in [0.3, 0.4) is 0 Å². The Labute approximate surface area is 89.8 Å². The molecular weight excluding hydrogens is 192 g/mol. The lowest BCUT2D eigenvalue weighted by atomic mass is 9.67. The molecule has 14 heavy (non-hydrogen) atoms. The van der Waals surface area contributed by atoms with E-state index < -0.39 is 0 Å². The van der Waals surface area contributed by atoms with Crippen LogP contribution in [0.5, 0.6) is 0 Å². The van der Waals surface area contributed by atoms with Gasteiger partial charge < -0.3 is 5.32 Å². The van der Waals surface area contributed by atoms with Gasteiger partial charge in [-0.2, -0.15) is 0 Å². The fourth-order valence-corrected chi connectivity index (χ4v) is 2.67. The summed E-state index contributed by atoms with van der Waals surface area (Å²) >= 11 is 1.67. The lowest BCUT2D eigenvalue weighted by molar-refractivity contribution is 0.123. The first kappa shape index (κ1) is 10.1. The zero-order valence-corrected chi connectivity index (χ0v) is 9.57. The summed E-state index contributed by atoms with van der Waals surface area (Å²) in [6.45, 7) is 4.41. The quantitative estimate of drug-likeness (QED) is 0.808. The van der Waals surface area contributed by atoms with Gasteiger partial charge in [-0.15, -0.1) is 11.3 Å². The Morgan fingerprint density at radius 3 is 2.93 bits per heavy atom. The Balaban J connectivity index is 1.72. The fourth-order valence-electron chi connectivity index (χ4n) is 2.11. The summed E-state index contributed by atoms with van der Waals surface area (Å²) in [6, 6.07) is 0. The predicted octanol–water partition coefficient (Wildman–Crippen LogP) is 2.81. The maximum Gasteiger partial charge on any atom is 0.0795 e. The largest absolute Gasteiger partial charge is 0.311 e. The predicted molar refractivity (Wildman–Crippen MR) is 60.4 cm³/mol. The summed E-state index contributed by atoms with van der Waals surface area (Å²) in [5.74, 6) is 0. The molecular formula is C11H18N2S. The number of thiazole rings is 1. The second-order valence-electron chi connectivity index (χ2n) is 4.29. The third kappa shape index (κ3) is 2.15. The molecule has 1 aliphatic carbocycles. The second kappa shape index (κ2) is 4.41. The maximum absolute atomic E-state index is 4.26.